The smallest absolute Gasteiger partial charge is 0.296 e. The van der Waals surface area contributed by atoms with E-state index >= 15 is 0 Å². The number of rotatable bonds is 4. The van der Waals surface area contributed by atoms with Crippen molar-refractivity contribution in [3.63, 3.8) is 0 Å². The molecule has 4 heterocycles. The Kier molecular flexibility index (Phi) is 4.25. The van der Waals surface area contributed by atoms with Crippen LogP contribution in [0.1, 0.15) is 27.2 Å². The summed E-state index contributed by atoms with van der Waals surface area (Å²) >= 11 is 5.95. The van der Waals surface area contributed by atoms with Crippen LogP contribution in [0, 0.1) is 6.92 Å². The molecule has 1 N–H and O–H groups in total. The molecule has 0 fully saturated rings. The number of thiophene rings is 1. The van der Waals surface area contributed by atoms with Crippen molar-refractivity contribution >= 4 is 55.4 Å². The van der Waals surface area contributed by atoms with E-state index in [0.29, 0.717) is 15.8 Å². The van der Waals surface area contributed by atoms with Crippen molar-refractivity contribution in [2.75, 3.05) is 4.90 Å². The molecule has 1 amide bonds. The minimum Gasteiger partial charge on any atom is -0.503 e. The number of ketones is 1. The predicted octanol–water partition coefficient (Wildman–Crippen LogP) is 4.05. The quantitative estimate of drug-likeness (QED) is 0.600. The second kappa shape index (κ2) is 6.45. The first-order chi connectivity index (χ1) is 12.5. The van der Waals surface area contributed by atoms with Crippen LogP contribution in [0.5, 0.6) is 0 Å². The Bertz CT molecular complexity index is 1040. The van der Waals surface area contributed by atoms with Crippen LogP contribution in [-0.2, 0) is 4.79 Å². The van der Waals surface area contributed by atoms with Crippen molar-refractivity contribution in [2.45, 2.75) is 13.0 Å². The molecule has 0 saturated heterocycles. The van der Waals surface area contributed by atoms with E-state index in [4.69, 9.17) is 4.42 Å². The molecule has 0 radical (unpaired) electrons. The minimum absolute atomic E-state index is 0.0392. The van der Waals surface area contributed by atoms with E-state index in [9.17, 15) is 14.7 Å². The van der Waals surface area contributed by atoms with Crippen molar-refractivity contribution in [3.05, 3.63) is 61.3 Å². The van der Waals surface area contributed by atoms with Gasteiger partial charge < -0.3 is 9.52 Å². The predicted molar refractivity (Wildman–Crippen MR) is 99.6 cm³/mol. The third-order valence-electron chi connectivity index (χ3n) is 3.86. The van der Waals surface area contributed by atoms with Crippen LogP contribution in [-0.4, -0.2) is 27.0 Å². The monoisotopic (exact) mass is 451 g/mol. The molecule has 4 rings (SSSR count). The Morgan fingerprint density at radius 1 is 1.35 bits per heavy atom. The third-order valence-corrected chi connectivity index (χ3v) is 6.48. The van der Waals surface area contributed by atoms with Crippen molar-refractivity contribution < 1.29 is 19.1 Å². The summed E-state index contributed by atoms with van der Waals surface area (Å²) in [4.78, 5) is 27.7. The van der Waals surface area contributed by atoms with E-state index < -0.39 is 23.5 Å². The standard InChI is InChI=1S/C16H10BrN3O4S2/c1-7-2-3-9(24-7)12(21)10-11(14-8(17)4-5-25-14)20(15(23)13(10)22)16-19-18-6-26-16/h2-6,11,22H,1H3. The number of amides is 1. The lowest BCUT2D eigenvalue weighted by Crippen LogP contribution is -2.30. The molecule has 0 bridgehead atoms. The molecule has 132 valence electrons. The largest absolute Gasteiger partial charge is 0.503 e. The van der Waals surface area contributed by atoms with Crippen LogP contribution >= 0.6 is 38.6 Å². The van der Waals surface area contributed by atoms with E-state index in [0.717, 1.165) is 15.8 Å². The van der Waals surface area contributed by atoms with Gasteiger partial charge in [0.2, 0.25) is 10.9 Å². The van der Waals surface area contributed by atoms with Gasteiger partial charge in [0.1, 0.15) is 17.3 Å². The number of aliphatic hydroxyl groups is 1. The van der Waals surface area contributed by atoms with Gasteiger partial charge in [0, 0.05) is 9.35 Å². The number of anilines is 1. The zero-order valence-corrected chi connectivity index (χ0v) is 16.4. The molecule has 0 saturated carbocycles. The van der Waals surface area contributed by atoms with E-state index in [1.807, 2.05) is 11.4 Å². The highest BCUT2D eigenvalue weighted by Crippen LogP contribution is 2.46. The Hall–Kier alpha value is -2.30. The molecule has 1 aliphatic heterocycles. The zero-order valence-electron chi connectivity index (χ0n) is 13.2. The molecule has 1 atom stereocenters. The van der Waals surface area contributed by atoms with Crippen LogP contribution in [0.3, 0.4) is 0 Å². The second-order valence-electron chi connectivity index (χ2n) is 5.43. The van der Waals surface area contributed by atoms with E-state index in [2.05, 4.69) is 26.1 Å². The average Bonchev–Trinajstić information content (AvgIpc) is 3.37. The number of nitrogens with zero attached hydrogens (tertiary/aromatic N) is 3. The van der Waals surface area contributed by atoms with Crippen LogP contribution in [0.4, 0.5) is 5.13 Å². The Morgan fingerprint density at radius 2 is 2.15 bits per heavy atom. The normalized spacial score (nSPS) is 17.4. The molecule has 0 aliphatic carbocycles. The summed E-state index contributed by atoms with van der Waals surface area (Å²) < 4.78 is 6.13. The average molecular weight is 452 g/mol. The van der Waals surface area contributed by atoms with Gasteiger partial charge in [0.25, 0.3) is 5.91 Å². The maximum Gasteiger partial charge on any atom is 0.296 e. The molecule has 3 aromatic rings. The molecule has 0 spiro atoms. The van der Waals surface area contributed by atoms with Gasteiger partial charge in [-0.05, 0) is 46.4 Å². The molecule has 0 aromatic carbocycles. The summed E-state index contributed by atoms with van der Waals surface area (Å²) in [5.41, 5.74) is 1.44. The maximum absolute atomic E-state index is 13.0. The first kappa shape index (κ1) is 17.1. The van der Waals surface area contributed by atoms with Crippen molar-refractivity contribution in [2.24, 2.45) is 0 Å². The maximum atomic E-state index is 13.0. The van der Waals surface area contributed by atoms with Gasteiger partial charge in [0.05, 0.1) is 5.57 Å². The number of aryl methyl sites for hydroxylation is 1. The van der Waals surface area contributed by atoms with Crippen molar-refractivity contribution in [1.29, 1.82) is 0 Å². The Labute approximate surface area is 163 Å². The highest BCUT2D eigenvalue weighted by Gasteiger charge is 2.47. The number of furan rings is 1. The SMILES string of the molecule is Cc1ccc(C(=O)C2=C(O)C(=O)N(c3nncs3)C2c2sccc2Br)o1. The number of Topliss-reactive ketones (excluding diaryl/α,β-unsaturated/α-hetero) is 1. The number of aliphatic hydroxyl groups excluding tert-OH is 1. The number of hydrogen-bond acceptors (Lipinski definition) is 8. The third kappa shape index (κ3) is 2.61. The molecule has 26 heavy (non-hydrogen) atoms. The van der Waals surface area contributed by atoms with Gasteiger partial charge in [-0.2, -0.15) is 0 Å². The molecule has 7 nitrogen and oxygen atoms in total. The van der Waals surface area contributed by atoms with Crippen LogP contribution < -0.4 is 4.90 Å². The highest BCUT2D eigenvalue weighted by molar-refractivity contribution is 9.10. The van der Waals surface area contributed by atoms with Gasteiger partial charge in [-0.15, -0.1) is 21.5 Å². The zero-order chi connectivity index (χ0) is 18.4. The summed E-state index contributed by atoms with van der Waals surface area (Å²) in [6.45, 7) is 1.71. The van der Waals surface area contributed by atoms with Crippen LogP contribution in [0.25, 0.3) is 0 Å². The van der Waals surface area contributed by atoms with Gasteiger partial charge in [-0.1, -0.05) is 11.3 Å². The Balaban J connectivity index is 1.88. The highest BCUT2D eigenvalue weighted by atomic mass is 79.9. The minimum atomic E-state index is -0.817. The topological polar surface area (TPSA) is 96.5 Å². The van der Waals surface area contributed by atoms with Gasteiger partial charge >= 0.3 is 0 Å². The lowest BCUT2D eigenvalue weighted by Gasteiger charge is -2.22. The molecular formula is C16H10BrN3O4S2. The Morgan fingerprint density at radius 3 is 2.73 bits per heavy atom. The fourth-order valence-corrected chi connectivity index (χ4v) is 5.02. The number of carbonyl (C=O) groups excluding carboxylic acids is 2. The molecule has 1 unspecified atom stereocenters. The van der Waals surface area contributed by atoms with Gasteiger partial charge in [-0.25, -0.2) is 0 Å². The number of aromatic nitrogens is 2. The number of carbonyl (C=O) groups is 2. The van der Waals surface area contributed by atoms with E-state index in [1.165, 1.54) is 27.8 Å². The summed E-state index contributed by atoms with van der Waals surface area (Å²) in [6, 6.07) is 4.18. The summed E-state index contributed by atoms with van der Waals surface area (Å²) in [7, 11) is 0. The molecule has 3 aromatic heterocycles. The molecular weight excluding hydrogens is 442 g/mol. The summed E-state index contributed by atoms with van der Waals surface area (Å²) in [5.74, 6) is -1.22. The van der Waals surface area contributed by atoms with E-state index in [1.54, 1.807) is 13.0 Å². The first-order valence-corrected chi connectivity index (χ1v) is 9.91. The first-order valence-electron chi connectivity index (χ1n) is 7.36. The van der Waals surface area contributed by atoms with Crippen LogP contribution in [0.15, 0.2) is 49.3 Å². The summed E-state index contributed by atoms with van der Waals surface area (Å²) in [6.07, 6.45) is 0. The van der Waals surface area contributed by atoms with Crippen LogP contribution in [0.2, 0.25) is 0 Å². The number of hydrogen-bond donors (Lipinski definition) is 1. The fourth-order valence-electron chi connectivity index (χ4n) is 2.74. The van der Waals surface area contributed by atoms with Gasteiger partial charge in [0.15, 0.2) is 11.5 Å². The lowest BCUT2D eigenvalue weighted by molar-refractivity contribution is -0.117. The van der Waals surface area contributed by atoms with Crippen molar-refractivity contribution in [3.8, 4) is 0 Å². The number of halogens is 1. The van der Waals surface area contributed by atoms with Gasteiger partial charge in [-0.3, -0.25) is 14.5 Å². The lowest BCUT2D eigenvalue weighted by atomic mass is 10.0. The fraction of sp³-hybridized carbons (Fsp3) is 0.125. The van der Waals surface area contributed by atoms with E-state index in [-0.39, 0.29) is 11.3 Å². The molecule has 10 heteroatoms. The molecule has 1 aliphatic rings. The van der Waals surface area contributed by atoms with Crippen molar-refractivity contribution in [1.82, 2.24) is 10.2 Å². The summed E-state index contributed by atoms with van der Waals surface area (Å²) in [5, 5.41) is 20.3. The second-order valence-corrected chi connectivity index (χ2v) is 8.05.